The van der Waals surface area contributed by atoms with E-state index in [4.69, 9.17) is 11.6 Å². The van der Waals surface area contributed by atoms with Gasteiger partial charge in [-0.05, 0) is 56.4 Å². The molecule has 1 aliphatic carbocycles. The molecule has 1 aliphatic heterocycles. The van der Waals surface area contributed by atoms with Crippen LogP contribution in [0.3, 0.4) is 0 Å². The first-order valence-electron chi connectivity index (χ1n) is 8.83. The van der Waals surface area contributed by atoms with Crippen LogP contribution in [0.15, 0.2) is 24.3 Å². The van der Waals surface area contributed by atoms with Crippen molar-refractivity contribution in [2.75, 3.05) is 6.54 Å². The fourth-order valence-corrected chi connectivity index (χ4v) is 4.26. The number of hydrazine groups is 1. The van der Waals surface area contributed by atoms with Gasteiger partial charge in [0.15, 0.2) is 0 Å². The Kier molecular flexibility index (Phi) is 4.69. The van der Waals surface area contributed by atoms with Gasteiger partial charge < -0.3 is 5.32 Å². The third-order valence-corrected chi connectivity index (χ3v) is 5.62. The molecule has 1 saturated heterocycles. The predicted octanol–water partition coefficient (Wildman–Crippen LogP) is 2.35. The van der Waals surface area contributed by atoms with Gasteiger partial charge in [-0.1, -0.05) is 11.6 Å². The van der Waals surface area contributed by atoms with Gasteiger partial charge in [0.2, 0.25) is 0 Å². The molecule has 3 atom stereocenters. The van der Waals surface area contributed by atoms with E-state index < -0.39 is 0 Å². The van der Waals surface area contributed by atoms with Crippen molar-refractivity contribution < 1.29 is 9.18 Å². The van der Waals surface area contributed by atoms with Crippen LogP contribution in [0.1, 0.15) is 35.3 Å². The van der Waals surface area contributed by atoms with Gasteiger partial charge in [0.1, 0.15) is 11.0 Å². The summed E-state index contributed by atoms with van der Waals surface area (Å²) in [5, 5.41) is 7.71. The molecule has 2 aliphatic rings. The SMILES string of the molecule is Cc1nn(-c2ccc(F)cc2)c(Cl)c1C(=O)NC1CCC2NNCC2C1. The van der Waals surface area contributed by atoms with Crippen molar-refractivity contribution >= 4 is 17.5 Å². The Morgan fingerprint density at radius 3 is 2.88 bits per heavy atom. The first-order chi connectivity index (χ1) is 12.5. The van der Waals surface area contributed by atoms with Crippen LogP contribution in [-0.4, -0.2) is 34.3 Å². The number of benzene rings is 1. The topological polar surface area (TPSA) is 71.0 Å². The summed E-state index contributed by atoms with van der Waals surface area (Å²) >= 11 is 6.43. The van der Waals surface area contributed by atoms with Crippen LogP contribution in [-0.2, 0) is 0 Å². The summed E-state index contributed by atoms with van der Waals surface area (Å²) in [6.07, 6.45) is 2.91. The van der Waals surface area contributed by atoms with Gasteiger partial charge in [-0.15, -0.1) is 0 Å². The van der Waals surface area contributed by atoms with Crippen LogP contribution in [0.4, 0.5) is 4.39 Å². The Bertz CT molecular complexity index is 822. The second kappa shape index (κ2) is 6.98. The number of aryl methyl sites for hydroxylation is 1. The maximum absolute atomic E-state index is 13.1. The van der Waals surface area contributed by atoms with Crippen molar-refractivity contribution in [2.45, 2.75) is 38.3 Å². The molecule has 1 aromatic carbocycles. The summed E-state index contributed by atoms with van der Waals surface area (Å²) in [7, 11) is 0. The number of carbonyl (C=O) groups is 1. The van der Waals surface area contributed by atoms with E-state index in [9.17, 15) is 9.18 Å². The Balaban J connectivity index is 1.52. The number of nitrogens with zero attached hydrogens (tertiary/aromatic N) is 2. The van der Waals surface area contributed by atoms with Crippen molar-refractivity contribution in [1.29, 1.82) is 0 Å². The van der Waals surface area contributed by atoms with Crippen LogP contribution < -0.4 is 16.2 Å². The standard InChI is InChI=1S/C18H21ClFN5O/c1-10-16(17(19)25(24-10)14-5-2-12(20)3-6-14)18(26)22-13-4-7-15-11(8-13)9-21-23-15/h2-3,5-6,11,13,15,21,23H,4,7-9H2,1H3,(H,22,26). The maximum atomic E-state index is 13.1. The lowest BCUT2D eigenvalue weighted by Gasteiger charge is -2.31. The van der Waals surface area contributed by atoms with Crippen molar-refractivity contribution in [3.63, 3.8) is 0 Å². The van der Waals surface area contributed by atoms with Crippen molar-refractivity contribution in [2.24, 2.45) is 5.92 Å². The van der Waals surface area contributed by atoms with Gasteiger partial charge in [0.05, 0.1) is 16.9 Å². The fourth-order valence-electron chi connectivity index (χ4n) is 3.90. The van der Waals surface area contributed by atoms with Crippen molar-refractivity contribution in [3.8, 4) is 5.69 Å². The molecule has 3 unspecified atom stereocenters. The Morgan fingerprint density at radius 2 is 2.12 bits per heavy atom. The third kappa shape index (κ3) is 3.22. The molecular weight excluding hydrogens is 357 g/mol. The molecule has 138 valence electrons. The van der Waals surface area contributed by atoms with Crippen LogP contribution in [0.2, 0.25) is 5.15 Å². The first kappa shape index (κ1) is 17.5. The number of carbonyl (C=O) groups excluding carboxylic acids is 1. The Morgan fingerprint density at radius 1 is 1.35 bits per heavy atom. The number of amides is 1. The highest BCUT2D eigenvalue weighted by atomic mass is 35.5. The summed E-state index contributed by atoms with van der Waals surface area (Å²) < 4.78 is 14.6. The predicted molar refractivity (Wildman–Crippen MR) is 96.8 cm³/mol. The van der Waals surface area contributed by atoms with Gasteiger partial charge in [-0.25, -0.2) is 9.07 Å². The number of rotatable bonds is 3. The molecule has 2 heterocycles. The van der Waals surface area contributed by atoms with E-state index in [-0.39, 0.29) is 22.9 Å². The lowest BCUT2D eigenvalue weighted by Crippen LogP contribution is -2.44. The molecule has 1 amide bonds. The average Bonchev–Trinajstić information content (AvgIpc) is 3.19. The van der Waals surface area contributed by atoms with E-state index >= 15 is 0 Å². The highest BCUT2D eigenvalue weighted by Crippen LogP contribution is 2.28. The van der Waals surface area contributed by atoms with E-state index in [1.165, 1.54) is 16.8 Å². The van der Waals surface area contributed by atoms with Crippen LogP contribution in [0.5, 0.6) is 0 Å². The fraction of sp³-hybridized carbons (Fsp3) is 0.444. The largest absolute Gasteiger partial charge is 0.349 e. The summed E-state index contributed by atoms with van der Waals surface area (Å²) in [4.78, 5) is 12.8. The second-order valence-electron chi connectivity index (χ2n) is 7.01. The van der Waals surface area contributed by atoms with E-state index in [1.807, 2.05) is 0 Å². The molecule has 26 heavy (non-hydrogen) atoms. The highest BCUT2D eigenvalue weighted by molar-refractivity contribution is 6.33. The number of halogens is 2. The number of aromatic nitrogens is 2. The molecule has 2 aromatic rings. The third-order valence-electron chi connectivity index (χ3n) is 5.27. The molecule has 4 rings (SSSR count). The van der Waals surface area contributed by atoms with Gasteiger partial charge in [0.25, 0.3) is 5.91 Å². The van der Waals surface area contributed by atoms with Gasteiger partial charge in [0, 0.05) is 18.6 Å². The molecule has 8 heteroatoms. The van der Waals surface area contributed by atoms with Crippen LogP contribution >= 0.6 is 11.6 Å². The van der Waals surface area contributed by atoms with Gasteiger partial charge in [-0.3, -0.25) is 15.6 Å². The molecule has 0 spiro atoms. The number of hydrogen-bond acceptors (Lipinski definition) is 4. The Labute approximate surface area is 156 Å². The maximum Gasteiger partial charge on any atom is 0.256 e. The number of fused-ring (bicyclic) bond motifs is 1. The first-order valence-corrected chi connectivity index (χ1v) is 9.21. The van der Waals surface area contributed by atoms with Gasteiger partial charge in [-0.2, -0.15) is 5.10 Å². The van der Waals surface area contributed by atoms with Crippen LogP contribution in [0.25, 0.3) is 5.69 Å². The van der Waals surface area contributed by atoms with E-state index in [0.29, 0.717) is 28.9 Å². The van der Waals surface area contributed by atoms with Crippen molar-refractivity contribution in [1.82, 2.24) is 25.9 Å². The van der Waals surface area contributed by atoms with E-state index in [1.54, 1.807) is 19.1 Å². The number of hydrogen-bond donors (Lipinski definition) is 3. The lowest BCUT2D eigenvalue weighted by molar-refractivity contribution is 0.0918. The highest BCUT2D eigenvalue weighted by Gasteiger charge is 2.35. The summed E-state index contributed by atoms with van der Waals surface area (Å²) in [6, 6.07) is 6.47. The van der Waals surface area contributed by atoms with Crippen molar-refractivity contribution in [3.05, 3.63) is 46.5 Å². The van der Waals surface area contributed by atoms with E-state index in [0.717, 1.165) is 25.8 Å². The molecular formula is C18H21ClFN5O. The quantitative estimate of drug-likeness (QED) is 0.768. The van der Waals surface area contributed by atoms with E-state index in [2.05, 4.69) is 21.3 Å². The smallest absolute Gasteiger partial charge is 0.256 e. The summed E-state index contributed by atoms with van der Waals surface area (Å²) in [6.45, 7) is 2.68. The lowest BCUT2D eigenvalue weighted by atomic mass is 9.83. The molecule has 3 N–H and O–H groups in total. The summed E-state index contributed by atoms with van der Waals surface area (Å²) in [5.74, 6) is -0.00556. The monoisotopic (exact) mass is 377 g/mol. The Hall–Kier alpha value is -1.96. The minimum absolute atomic E-state index is 0.134. The normalized spacial score (nSPS) is 25.1. The zero-order valence-corrected chi connectivity index (χ0v) is 15.2. The zero-order valence-electron chi connectivity index (χ0n) is 14.4. The van der Waals surface area contributed by atoms with Gasteiger partial charge >= 0.3 is 0 Å². The van der Waals surface area contributed by atoms with Crippen LogP contribution in [0, 0.1) is 18.7 Å². The molecule has 2 fully saturated rings. The minimum Gasteiger partial charge on any atom is -0.349 e. The summed E-state index contributed by atoms with van der Waals surface area (Å²) in [5.41, 5.74) is 8.01. The number of nitrogens with one attached hydrogen (secondary N) is 3. The second-order valence-corrected chi connectivity index (χ2v) is 7.37. The minimum atomic E-state index is -0.335. The average molecular weight is 378 g/mol. The molecule has 1 saturated carbocycles. The molecule has 0 bridgehead atoms. The zero-order chi connectivity index (χ0) is 18.3. The molecule has 1 aromatic heterocycles. The molecule has 6 nitrogen and oxygen atoms in total. The molecule has 0 radical (unpaired) electrons.